The smallest absolute Gasteiger partial charge is 0.460 e. The maximum atomic E-state index is 13.7. The number of benzene rings is 1. The number of aryl methyl sites for hydroxylation is 1. The molecule has 0 atom stereocenters. The third-order valence-electron chi connectivity index (χ3n) is 6.87. The Morgan fingerprint density at radius 1 is 0.569 bits per heavy atom. The highest BCUT2D eigenvalue weighted by Gasteiger charge is 2.85. The number of rotatable bonds is 23. The molecule has 51 heavy (non-hydrogen) atoms. The maximum absolute atomic E-state index is 13.7. The van der Waals surface area contributed by atoms with Gasteiger partial charge in [-0.15, -0.1) is 0 Å². The average molecular weight is 771 g/mol. The van der Waals surface area contributed by atoms with E-state index in [0.29, 0.717) is 43.9 Å². The van der Waals surface area contributed by atoms with E-state index in [4.69, 9.17) is 4.74 Å². The van der Waals surface area contributed by atoms with E-state index in [-0.39, 0.29) is 6.42 Å². The fourth-order valence-electron chi connectivity index (χ4n) is 4.08. The van der Waals surface area contributed by atoms with Gasteiger partial charge < -0.3 is 9.47 Å². The van der Waals surface area contributed by atoms with Crippen LogP contribution in [0.3, 0.4) is 0 Å². The first-order valence-corrected chi connectivity index (χ1v) is 15.2. The second kappa shape index (κ2) is 17.6. The molecule has 1 aromatic carbocycles. The van der Waals surface area contributed by atoms with Crippen LogP contribution in [0.5, 0.6) is 5.75 Å². The number of hydrogen-bond donors (Lipinski definition) is 0. The van der Waals surface area contributed by atoms with Crippen LogP contribution < -0.4 is 4.74 Å². The monoisotopic (exact) mass is 770 g/mol. The Balaban J connectivity index is 1.74. The summed E-state index contributed by atoms with van der Waals surface area (Å²) in [6.45, 7) is -0.104. The van der Waals surface area contributed by atoms with E-state index in [0.717, 1.165) is 36.8 Å². The predicted molar refractivity (Wildman–Crippen MR) is 148 cm³/mol. The Hall–Kier alpha value is -3.07. The molecule has 0 radical (unpaired) electrons. The van der Waals surface area contributed by atoms with Gasteiger partial charge in [0.05, 0.1) is 19.0 Å². The van der Waals surface area contributed by atoms with Crippen molar-refractivity contribution in [3.8, 4) is 17.1 Å². The highest BCUT2D eigenvalue weighted by molar-refractivity contribution is 5.55. The second-order valence-corrected chi connectivity index (χ2v) is 11.1. The fourth-order valence-corrected chi connectivity index (χ4v) is 4.08. The van der Waals surface area contributed by atoms with E-state index in [1.807, 2.05) is 24.3 Å². The molecule has 292 valence electrons. The lowest BCUT2D eigenvalue weighted by molar-refractivity contribution is -0.543. The topological polar surface area (TPSA) is 62.7 Å². The Kier molecular flexibility index (Phi) is 15.2. The molecule has 21 heteroatoms. The van der Waals surface area contributed by atoms with Crippen LogP contribution in [0.15, 0.2) is 36.7 Å². The molecule has 0 N–H and O–H groups in total. The number of aromatic nitrogens is 2. The fraction of sp³-hybridized carbons (Fsp3) is 0.667. The van der Waals surface area contributed by atoms with Gasteiger partial charge in [-0.25, -0.2) is 19.4 Å². The van der Waals surface area contributed by atoms with Crippen LogP contribution >= 0.6 is 0 Å². The van der Waals surface area contributed by atoms with E-state index >= 15 is 0 Å². The van der Waals surface area contributed by atoms with Gasteiger partial charge in [-0.05, 0) is 31.2 Å². The van der Waals surface area contributed by atoms with Crippen molar-refractivity contribution in [3.05, 3.63) is 42.2 Å². The number of nitrogens with zero attached hydrogens (tertiary/aromatic N) is 2. The zero-order valence-electron chi connectivity index (χ0n) is 26.6. The third kappa shape index (κ3) is 12.3. The van der Waals surface area contributed by atoms with Crippen LogP contribution in [0.1, 0.15) is 63.9 Å². The summed E-state index contributed by atoms with van der Waals surface area (Å²) in [4.78, 5) is 8.59. The Labute approximate surface area is 281 Å². The molecule has 0 unspecified atom stereocenters. The summed E-state index contributed by atoms with van der Waals surface area (Å²) in [5.74, 6) is -14.6. The van der Waals surface area contributed by atoms with Crippen LogP contribution in [-0.2, 0) is 20.6 Å². The lowest BCUT2D eigenvalue weighted by Crippen LogP contribution is -2.64. The van der Waals surface area contributed by atoms with Gasteiger partial charge >= 0.3 is 42.5 Å². The van der Waals surface area contributed by atoms with Crippen molar-refractivity contribution in [1.82, 2.24) is 9.97 Å². The van der Waals surface area contributed by atoms with Crippen molar-refractivity contribution in [3.63, 3.8) is 0 Å². The number of halogens is 15. The molecule has 0 aliphatic heterocycles. The van der Waals surface area contributed by atoms with Gasteiger partial charge in [0, 0.05) is 12.2 Å². The minimum Gasteiger partial charge on any atom is -0.490 e. The van der Waals surface area contributed by atoms with E-state index < -0.39 is 55.7 Å². The maximum Gasteiger partial charge on any atom is 0.460 e. The summed E-state index contributed by atoms with van der Waals surface area (Å²) in [6, 6.07) is 7.31. The van der Waals surface area contributed by atoms with Gasteiger partial charge in [-0.3, -0.25) is 0 Å². The highest BCUT2D eigenvalue weighted by atomic mass is 19.4. The van der Waals surface area contributed by atoms with Crippen molar-refractivity contribution in [2.24, 2.45) is 0 Å². The first kappa shape index (κ1) is 44.1. The molecule has 2 aromatic rings. The zero-order valence-corrected chi connectivity index (χ0v) is 26.6. The van der Waals surface area contributed by atoms with E-state index in [1.165, 1.54) is 0 Å². The Bertz CT molecular complexity index is 1330. The molecule has 0 amide bonds. The minimum atomic E-state index is -7.90. The van der Waals surface area contributed by atoms with Crippen molar-refractivity contribution >= 4 is 0 Å². The van der Waals surface area contributed by atoms with Crippen LogP contribution in [0.25, 0.3) is 11.4 Å². The standard InChI is InChI=1S/C30H33F15N2O4/c1-2-3-4-9-16-49-22-17-46-23(47-18-22)21-13-11-20(12-14-21)10-7-5-6-8-15-48-19-24(31,32)50-29(42,43)30(44,45)51-28(40,41)26(35,36)25(33,34)27(37,38)39/h11-14,17-18H,2-10,15-16,19H2,1H3. The van der Waals surface area contributed by atoms with Gasteiger partial charge in [0.1, 0.15) is 6.61 Å². The summed E-state index contributed by atoms with van der Waals surface area (Å²) in [7, 11) is 0. The number of unbranched alkanes of at least 4 members (excludes halogenated alkanes) is 6. The van der Waals surface area contributed by atoms with Gasteiger partial charge in [0.2, 0.25) is 0 Å². The summed E-state index contributed by atoms with van der Waals surface area (Å²) < 4.78 is 210. The molecule has 0 saturated carbocycles. The van der Waals surface area contributed by atoms with Gasteiger partial charge in [0.15, 0.2) is 11.6 Å². The lowest BCUT2D eigenvalue weighted by atomic mass is 10.0. The molecular formula is C30H33F15N2O4. The highest BCUT2D eigenvalue weighted by Crippen LogP contribution is 2.56. The predicted octanol–water partition coefficient (Wildman–Crippen LogP) is 10.5. The van der Waals surface area contributed by atoms with Crippen molar-refractivity contribution in [2.45, 2.75) is 107 Å². The summed E-state index contributed by atoms with van der Waals surface area (Å²) in [5.41, 5.74) is 1.70. The van der Waals surface area contributed by atoms with Crippen LogP contribution in [0, 0.1) is 0 Å². The van der Waals surface area contributed by atoms with Gasteiger partial charge in [-0.2, -0.15) is 65.9 Å². The van der Waals surface area contributed by atoms with Crippen molar-refractivity contribution < 1.29 is 84.8 Å². The molecule has 0 bridgehead atoms. The molecule has 1 heterocycles. The van der Waals surface area contributed by atoms with Gasteiger partial charge in [0.25, 0.3) is 0 Å². The largest absolute Gasteiger partial charge is 0.490 e. The summed E-state index contributed by atoms with van der Waals surface area (Å²) in [5, 5.41) is 0. The number of hydrogen-bond acceptors (Lipinski definition) is 6. The molecule has 0 spiro atoms. The first-order valence-electron chi connectivity index (χ1n) is 15.2. The molecule has 0 aliphatic carbocycles. The SMILES string of the molecule is CCCCCCOc1cnc(-c2ccc(CCCCCCOCC(F)(F)OC(F)(F)C(F)(F)OC(F)(F)C(F)(F)C(F)(F)C(F)(F)F)cc2)nc1. The molecule has 0 aliphatic rings. The third-order valence-corrected chi connectivity index (χ3v) is 6.87. The molecule has 6 nitrogen and oxygen atoms in total. The van der Waals surface area contributed by atoms with Crippen LogP contribution in [-0.4, -0.2) is 72.2 Å². The van der Waals surface area contributed by atoms with E-state index in [1.54, 1.807) is 17.1 Å². The number of ether oxygens (including phenoxy) is 4. The summed E-state index contributed by atoms with van der Waals surface area (Å²) >= 11 is 0. The zero-order chi connectivity index (χ0) is 38.8. The molecule has 0 saturated heterocycles. The minimum absolute atomic E-state index is 0.0369. The first-order chi connectivity index (χ1) is 23.4. The number of alkyl halides is 15. The van der Waals surface area contributed by atoms with Crippen LogP contribution in [0.2, 0.25) is 0 Å². The molecule has 2 rings (SSSR count). The molecule has 0 fully saturated rings. The quantitative estimate of drug-likeness (QED) is 0.0829. The van der Waals surface area contributed by atoms with Gasteiger partial charge in [-0.1, -0.05) is 63.3 Å². The lowest BCUT2D eigenvalue weighted by Gasteiger charge is -2.36. The Morgan fingerprint density at radius 2 is 1.10 bits per heavy atom. The molecule has 1 aromatic heterocycles. The van der Waals surface area contributed by atoms with Crippen molar-refractivity contribution in [2.75, 3.05) is 19.8 Å². The van der Waals surface area contributed by atoms with E-state index in [2.05, 4.69) is 26.4 Å². The normalized spacial score (nSPS) is 13.9. The average Bonchev–Trinajstić information content (AvgIpc) is 3.01. The van der Waals surface area contributed by atoms with E-state index in [9.17, 15) is 65.9 Å². The summed E-state index contributed by atoms with van der Waals surface area (Å²) in [6.07, 6.45) is -25.3. The molecular weight excluding hydrogens is 737 g/mol. The van der Waals surface area contributed by atoms with Crippen LogP contribution in [0.4, 0.5) is 65.9 Å². The van der Waals surface area contributed by atoms with Crippen molar-refractivity contribution in [1.29, 1.82) is 0 Å². The second-order valence-electron chi connectivity index (χ2n) is 11.1. The Morgan fingerprint density at radius 3 is 1.67 bits per heavy atom.